The highest BCUT2D eigenvalue weighted by atomic mass is 16.1. The minimum absolute atomic E-state index is 0.228. The van der Waals surface area contributed by atoms with Crippen molar-refractivity contribution in [3.8, 4) is 0 Å². The summed E-state index contributed by atoms with van der Waals surface area (Å²) in [6.45, 7) is 5.28. The Bertz CT molecular complexity index is 142. The first-order chi connectivity index (χ1) is 4.56. The van der Waals surface area contributed by atoms with Crippen LogP contribution in [0.2, 0.25) is 0 Å². The van der Waals surface area contributed by atoms with Crippen LogP contribution in [0.4, 0.5) is 0 Å². The highest BCUT2D eigenvalue weighted by Gasteiger charge is 2.35. The van der Waals surface area contributed by atoms with Gasteiger partial charge in [-0.2, -0.15) is 0 Å². The number of hydrogen-bond donors (Lipinski definition) is 0. The van der Waals surface area contributed by atoms with Gasteiger partial charge in [-0.05, 0) is 27.3 Å². The van der Waals surface area contributed by atoms with Gasteiger partial charge in [0.25, 0.3) is 0 Å². The Morgan fingerprint density at radius 1 is 1.60 bits per heavy atom. The summed E-state index contributed by atoms with van der Waals surface area (Å²) >= 11 is 0. The lowest BCUT2D eigenvalue weighted by Crippen LogP contribution is -2.34. The molecule has 0 aliphatic carbocycles. The maximum Gasteiger partial charge on any atom is 0.124 e. The van der Waals surface area contributed by atoms with E-state index in [0.717, 1.165) is 19.3 Å². The van der Waals surface area contributed by atoms with Crippen LogP contribution in [0.1, 0.15) is 20.3 Å². The van der Waals surface area contributed by atoms with Crippen LogP contribution in [-0.4, -0.2) is 30.3 Å². The fourth-order valence-electron chi connectivity index (χ4n) is 1.55. The quantitative estimate of drug-likeness (QED) is 0.506. The lowest BCUT2D eigenvalue weighted by Gasteiger charge is -2.26. The van der Waals surface area contributed by atoms with Crippen LogP contribution >= 0.6 is 0 Å². The molecule has 0 amide bonds. The van der Waals surface area contributed by atoms with Gasteiger partial charge >= 0.3 is 0 Å². The average Bonchev–Trinajstić information content (AvgIpc) is 2.08. The van der Waals surface area contributed by atoms with Gasteiger partial charge in [0.15, 0.2) is 0 Å². The summed E-state index contributed by atoms with van der Waals surface area (Å²) in [5, 5.41) is 0. The van der Waals surface area contributed by atoms with E-state index >= 15 is 0 Å². The van der Waals surface area contributed by atoms with E-state index in [-0.39, 0.29) is 11.5 Å². The zero-order chi connectivity index (χ0) is 7.78. The van der Waals surface area contributed by atoms with E-state index < -0.39 is 0 Å². The van der Waals surface area contributed by atoms with E-state index in [0.29, 0.717) is 0 Å². The molecular formula is C8H15NO. The first-order valence-electron chi connectivity index (χ1n) is 3.73. The molecule has 0 radical (unpaired) electrons. The topological polar surface area (TPSA) is 20.3 Å². The van der Waals surface area contributed by atoms with Gasteiger partial charge in [0.05, 0.1) is 0 Å². The minimum atomic E-state index is 0.228. The molecule has 0 spiro atoms. The van der Waals surface area contributed by atoms with Crippen molar-refractivity contribution in [1.82, 2.24) is 4.90 Å². The molecule has 10 heavy (non-hydrogen) atoms. The highest BCUT2D eigenvalue weighted by Crippen LogP contribution is 2.29. The zero-order valence-corrected chi connectivity index (χ0v) is 6.92. The molecule has 1 heterocycles. The molecule has 1 aliphatic rings. The fourth-order valence-corrected chi connectivity index (χ4v) is 1.55. The van der Waals surface area contributed by atoms with Crippen LogP contribution in [-0.2, 0) is 4.79 Å². The molecule has 0 aromatic heterocycles. The molecular weight excluding hydrogens is 126 g/mol. The van der Waals surface area contributed by atoms with Gasteiger partial charge in [-0.3, -0.25) is 0 Å². The van der Waals surface area contributed by atoms with Crippen LogP contribution in [0.3, 0.4) is 0 Å². The van der Waals surface area contributed by atoms with Gasteiger partial charge in [0.2, 0.25) is 0 Å². The number of aldehydes is 1. The van der Waals surface area contributed by atoms with Crippen LogP contribution < -0.4 is 0 Å². The zero-order valence-electron chi connectivity index (χ0n) is 6.92. The molecule has 0 aromatic rings. The molecule has 1 aliphatic heterocycles. The molecule has 1 saturated heterocycles. The molecule has 1 atom stereocenters. The van der Waals surface area contributed by atoms with Gasteiger partial charge in [-0.1, -0.05) is 0 Å². The summed E-state index contributed by atoms with van der Waals surface area (Å²) in [5.41, 5.74) is 0.228. The van der Waals surface area contributed by atoms with E-state index in [1.165, 1.54) is 0 Å². The second-order valence-electron chi connectivity index (χ2n) is 3.79. The lowest BCUT2D eigenvalue weighted by atomic mass is 9.98. The standard InChI is InChI=1S/C8H15NO/c1-8(2)4-7(6-10)5-9(8)3/h6-7H,4-5H2,1-3H3. The predicted molar refractivity (Wildman–Crippen MR) is 40.9 cm³/mol. The summed E-state index contributed by atoms with van der Waals surface area (Å²) in [4.78, 5) is 12.7. The Hall–Kier alpha value is -0.370. The second-order valence-corrected chi connectivity index (χ2v) is 3.79. The van der Waals surface area contributed by atoms with E-state index in [2.05, 4.69) is 25.8 Å². The lowest BCUT2D eigenvalue weighted by molar-refractivity contribution is -0.110. The summed E-state index contributed by atoms with van der Waals surface area (Å²) in [6, 6.07) is 0. The number of rotatable bonds is 1. The molecule has 0 saturated carbocycles. The monoisotopic (exact) mass is 141 g/mol. The minimum Gasteiger partial charge on any atom is -0.303 e. The first-order valence-corrected chi connectivity index (χ1v) is 3.73. The third-order valence-corrected chi connectivity index (χ3v) is 2.50. The summed E-state index contributed by atoms with van der Waals surface area (Å²) < 4.78 is 0. The van der Waals surface area contributed by atoms with E-state index in [1.54, 1.807) is 0 Å². The number of likely N-dealkylation sites (tertiary alicyclic amines) is 1. The molecule has 2 nitrogen and oxygen atoms in total. The van der Waals surface area contributed by atoms with Gasteiger partial charge < -0.3 is 9.69 Å². The Morgan fingerprint density at radius 3 is 2.40 bits per heavy atom. The fraction of sp³-hybridized carbons (Fsp3) is 0.875. The van der Waals surface area contributed by atoms with Crippen LogP contribution in [0.25, 0.3) is 0 Å². The van der Waals surface area contributed by atoms with Crippen molar-refractivity contribution in [3.63, 3.8) is 0 Å². The van der Waals surface area contributed by atoms with Crippen LogP contribution in [0.15, 0.2) is 0 Å². The van der Waals surface area contributed by atoms with E-state index in [1.807, 2.05) is 0 Å². The van der Waals surface area contributed by atoms with Gasteiger partial charge in [-0.15, -0.1) is 0 Å². The molecule has 0 N–H and O–H groups in total. The molecule has 0 bridgehead atoms. The SMILES string of the molecule is CN1CC(C=O)CC1(C)C. The highest BCUT2D eigenvalue weighted by molar-refractivity contribution is 5.54. The van der Waals surface area contributed by atoms with E-state index in [9.17, 15) is 4.79 Å². The second kappa shape index (κ2) is 2.35. The molecule has 1 rings (SSSR count). The van der Waals surface area contributed by atoms with Crippen LogP contribution in [0, 0.1) is 5.92 Å². The molecule has 58 valence electrons. The van der Waals surface area contributed by atoms with Crippen molar-refractivity contribution in [2.24, 2.45) is 5.92 Å². The molecule has 1 fully saturated rings. The normalized spacial score (nSPS) is 32.5. The Labute approximate surface area is 62.2 Å². The molecule has 0 aromatic carbocycles. The molecule has 2 heteroatoms. The average molecular weight is 141 g/mol. The Balaban J connectivity index is 2.61. The number of nitrogens with zero attached hydrogens (tertiary/aromatic N) is 1. The third-order valence-electron chi connectivity index (χ3n) is 2.50. The van der Waals surface area contributed by atoms with Crippen molar-refractivity contribution in [2.45, 2.75) is 25.8 Å². The van der Waals surface area contributed by atoms with Gasteiger partial charge in [0.1, 0.15) is 6.29 Å². The smallest absolute Gasteiger partial charge is 0.124 e. The Morgan fingerprint density at radius 2 is 2.20 bits per heavy atom. The first kappa shape index (κ1) is 7.73. The van der Waals surface area contributed by atoms with Crippen molar-refractivity contribution >= 4 is 6.29 Å². The number of hydrogen-bond acceptors (Lipinski definition) is 2. The maximum absolute atomic E-state index is 10.4. The Kier molecular flexibility index (Phi) is 1.82. The van der Waals surface area contributed by atoms with Crippen molar-refractivity contribution in [3.05, 3.63) is 0 Å². The van der Waals surface area contributed by atoms with Crippen molar-refractivity contribution < 1.29 is 4.79 Å². The predicted octanol–water partition coefficient (Wildman–Crippen LogP) is 0.916. The summed E-state index contributed by atoms with van der Waals surface area (Å²) in [6.07, 6.45) is 2.08. The largest absolute Gasteiger partial charge is 0.303 e. The summed E-state index contributed by atoms with van der Waals surface area (Å²) in [5.74, 6) is 0.264. The van der Waals surface area contributed by atoms with Gasteiger partial charge in [0, 0.05) is 18.0 Å². The third kappa shape index (κ3) is 1.21. The molecule has 1 unspecified atom stereocenters. The van der Waals surface area contributed by atoms with E-state index in [4.69, 9.17) is 0 Å². The maximum atomic E-state index is 10.4. The van der Waals surface area contributed by atoms with Crippen molar-refractivity contribution in [1.29, 1.82) is 0 Å². The van der Waals surface area contributed by atoms with Crippen LogP contribution in [0.5, 0.6) is 0 Å². The van der Waals surface area contributed by atoms with Gasteiger partial charge in [-0.25, -0.2) is 0 Å². The van der Waals surface area contributed by atoms with Crippen molar-refractivity contribution in [2.75, 3.05) is 13.6 Å². The summed E-state index contributed by atoms with van der Waals surface area (Å²) in [7, 11) is 2.07. The number of carbonyl (C=O) groups excluding carboxylic acids is 1. The number of carbonyl (C=O) groups is 1.